The number of aliphatic carboxylic acids is 1. The predicted octanol–water partition coefficient (Wildman–Crippen LogP) is 2.95. The van der Waals surface area contributed by atoms with Crippen LogP contribution in [-0.4, -0.2) is 29.4 Å². The molecule has 0 fully saturated rings. The average Bonchev–Trinajstić information content (AvgIpc) is 2.44. The second-order valence-electron chi connectivity index (χ2n) is 4.78. The molecular formula is C14H16F3NO4. The Balaban J connectivity index is 2.52. The highest BCUT2D eigenvalue weighted by molar-refractivity contribution is 5.79. The van der Waals surface area contributed by atoms with Crippen molar-refractivity contribution in [3.63, 3.8) is 0 Å². The average molecular weight is 319 g/mol. The van der Waals surface area contributed by atoms with Gasteiger partial charge in [-0.25, -0.2) is 9.59 Å². The molecule has 8 heteroatoms. The number of carboxylic acid groups (broad SMARTS) is 1. The van der Waals surface area contributed by atoms with E-state index in [-0.39, 0.29) is 6.61 Å². The maximum absolute atomic E-state index is 12.4. The van der Waals surface area contributed by atoms with Gasteiger partial charge in [-0.3, -0.25) is 0 Å². The van der Waals surface area contributed by atoms with Crippen molar-refractivity contribution in [1.29, 1.82) is 0 Å². The van der Waals surface area contributed by atoms with E-state index in [9.17, 15) is 22.8 Å². The fraction of sp³-hybridized carbons (Fsp3) is 0.429. The first-order chi connectivity index (χ1) is 10.2. The van der Waals surface area contributed by atoms with Crippen molar-refractivity contribution in [2.24, 2.45) is 5.92 Å². The quantitative estimate of drug-likeness (QED) is 0.845. The van der Waals surface area contributed by atoms with Gasteiger partial charge < -0.3 is 15.2 Å². The van der Waals surface area contributed by atoms with Crippen LogP contribution in [0.3, 0.4) is 0 Å². The van der Waals surface area contributed by atoms with Crippen LogP contribution < -0.4 is 5.32 Å². The zero-order valence-electron chi connectivity index (χ0n) is 11.8. The third-order valence-electron chi connectivity index (χ3n) is 2.95. The highest BCUT2D eigenvalue weighted by atomic mass is 19.4. The number of carbonyl (C=O) groups is 2. The van der Waals surface area contributed by atoms with Gasteiger partial charge in [0.25, 0.3) is 0 Å². The zero-order chi connectivity index (χ0) is 16.8. The lowest BCUT2D eigenvalue weighted by atomic mass is 10.0. The van der Waals surface area contributed by atoms with Crippen molar-refractivity contribution in [2.45, 2.75) is 32.2 Å². The Morgan fingerprint density at radius 1 is 1.27 bits per heavy atom. The van der Waals surface area contributed by atoms with Crippen LogP contribution in [0.15, 0.2) is 30.3 Å². The van der Waals surface area contributed by atoms with Gasteiger partial charge >= 0.3 is 18.2 Å². The van der Waals surface area contributed by atoms with E-state index in [1.54, 1.807) is 30.3 Å². The Kier molecular flexibility index (Phi) is 6.21. The molecule has 2 atom stereocenters. The normalized spacial score (nSPS) is 14.0. The van der Waals surface area contributed by atoms with Gasteiger partial charge in [-0.15, -0.1) is 0 Å². The van der Waals surface area contributed by atoms with E-state index in [0.29, 0.717) is 5.56 Å². The van der Waals surface area contributed by atoms with Gasteiger partial charge in [0.05, 0.1) is 5.92 Å². The summed E-state index contributed by atoms with van der Waals surface area (Å²) in [5, 5.41) is 10.8. The van der Waals surface area contributed by atoms with Gasteiger partial charge in [-0.1, -0.05) is 37.3 Å². The standard InChI is InChI=1S/C14H16F3NO4/c1-9(14(15,16)17)7-11(12(19)20)18-13(21)22-8-10-5-3-2-4-6-10/h2-6,9,11H,7-8H2,1H3,(H,18,21)(H,19,20)/t9-,11-/m1/s1. The molecular weight excluding hydrogens is 303 g/mol. The molecule has 0 spiro atoms. The van der Waals surface area contributed by atoms with Gasteiger partial charge in [-0.2, -0.15) is 13.2 Å². The molecule has 0 unspecified atom stereocenters. The number of ether oxygens (including phenoxy) is 1. The van der Waals surface area contributed by atoms with Crippen molar-refractivity contribution in [2.75, 3.05) is 0 Å². The molecule has 0 aliphatic carbocycles. The van der Waals surface area contributed by atoms with E-state index in [1.807, 2.05) is 5.32 Å². The number of carboxylic acids is 1. The molecule has 0 heterocycles. The van der Waals surface area contributed by atoms with Gasteiger partial charge in [0.2, 0.25) is 0 Å². The summed E-state index contributed by atoms with van der Waals surface area (Å²) >= 11 is 0. The van der Waals surface area contributed by atoms with Gasteiger partial charge in [0, 0.05) is 0 Å². The minimum Gasteiger partial charge on any atom is -0.480 e. The summed E-state index contributed by atoms with van der Waals surface area (Å²) in [5.41, 5.74) is 0.674. The summed E-state index contributed by atoms with van der Waals surface area (Å²) in [6, 6.07) is 6.92. The van der Waals surface area contributed by atoms with E-state index >= 15 is 0 Å². The summed E-state index contributed by atoms with van der Waals surface area (Å²) in [4.78, 5) is 22.4. The minimum atomic E-state index is -4.52. The van der Waals surface area contributed by atoms with Crippen molar-refractivity contribution >= 4 is 12.1 Å². The molecule has 1 aromatic rings. The van der Waals surface area contributed by atoms with Crippen LogP contribution in [0.25, 0.3) is 0 Å². The lowest BCUT2D eigenvalue weighted by molar-refractivity contribution is -0.174. The zero-order valence-corrected chi connectivity index (χ0v) is 11.8. The molecule has 0 aromatic heterocycles. The molecule has 5 nitrogen and oxygen atoms in total. The molecule has 122 valence electrons. The Morgan fingerprint density at radius 2 is 1.86 bits per heavy atom. The van der Waals surface area contributed by atoms with E-state index in [1.165, 1.54) is 0 Å². The number of nitrogens with one attached hydrogen (secondary N) is 1. The summed E-state index contributed by atoms with van der Waals surface area (Å²) in [7, 11) is 0. The smallest absolute Gasteiger partial charge is 0.408 e. The summed E-state index contributed by atoms with van der Waals surface area (Å²) in [6.07, 6.45) is -6.37. The molecule has 0 aliphatic heterocycles. The summed E-state index contributed by atoms with van der Waals surface area (Å²) < 4.78 is 42.1. The Labute approximate surface area is 125 Å². The number of hydrogen-bond acceptors (Lipinski definition) is 3. The monoisotopic (exact) mass is 319 g/mol. The molecule has 1 aromatic carbocycles. The van der Waals surface area contributed by atoms with Crippen LogP contribution in [0.4, 0.5) is 18.0 Å². The molecule has 0 saturated heterocycles. The van der Waals surface area contributed by atoms with Crippen LogP contribution in [-0.2, 0) is 16.1 Å². The molecule has 0 bridgehead atoms. The Morgan fingerprint density at radius 3 is 2.36 bits per heavy atom. The lowest BCUT2D eigenvalue weighted by Gasteiger charge is -2.20. The SMILES string of the molecule is C[C@H](C[C@@H](NC(=O)OCc1ccccc1)C(=O)O)C(F)(F)F. The van der Waals surface area contributed by atoms with Crippen molar-refractivity contribution < 1.29 is 32.6 Å². The highest BCUT2D eigenvalue weighted by Gasteiger charge is 2.39. The number of alkyl carbamates (subject to hydrolysis) is 1. The largest absolute Gasteiger partial charge is 0.480 e. The van der Waals surface area contributed by atoms with Gasteiger partial charge in [0.15, 0.2) is 0 Å². The van der Waals surface area contributed by atoms with E-state index < -0.39 is 36.6 Å². The summed E-state index contributed by atoms with van der Waals surface area (Å²) in [6.45, 7) is 0.751. The fourth-order valence-electron chi connectivity index (χ4n) is 1.62. The fourth-order valence-corrected chi connectivity index (χ4v) is 1.62. The van der Waals surface area contributed by atoms with E-state index in [4.69, 9.17) is 9.84 Å². The molecule has 0 aliphatic rings. The number of rotatable bonds is 6. The first kappa shape index (κ1) is 17.8. The van der Waals surface area contributed by atoms with Gasteiger partial charge in [0.1, 0.15) is 12.6 Å². The van der Waals surface area contributed by atoms with E-state index in [2.05, 4.69) is 0 Å². The van der Waals surface area contributed by atoms with Crippen LogP contribution in [0.5, 0.6) is 0 Å². The maximum atomic E-state index is 12.4. The second-order valence-corrected chi connectivity index (χ2v) is 4.78. The number of carbonyl (C=O) groups excluding carboxylic acids is 1. The third-order valence-corrected chi connectivity index (χ3v) is 2.95. The molecule has 1 amide bonds. The second kappa shape index (κ2) is 7.67. The molecule has 2 N–H and O–H groups in total. The number of halogens is 3. The maximum Gasteiger partial charge on any atom is 0.408 e. The number of amides is 1. The number of alkyl halides is 3. The first-order valence-electron chi connectivity index (χ1n) is 6.47. The number of benzene rings is 1. The van der Waals surface area contributed by atoms with Crippen molar-refractivity contribution in [3.05, 3.63) is 35.9 Å². The molecule has 22 heavy (non-hydrogen) atoms. The first-order valence-corrected chi connectivity index (χ1v) is 6.47. The Bertz CT molecular complexity index is 505. The molecule has 0 saturated carbocycles. The third kappa shape index (κ3) is 6.02. The molecule has 0 radical (unpaired) electrons. The Hall–Kier alpha value is -2.25. The van der Waals surface area contributed by atoms with Gasteiger partial charge in [-0.05, 0) is 12.0 Å². The van der Waals surface area contributed by atoms with E-state index in [0.717, 1.165) is 6.92 Å². The highest BCUT2D eigenvalue weighted by Crippen LogP contribution is 2.29. The van der Waals surface area contributed by atoms with Crippen molar-refractivity contribution in [1.82, 2.24) is 5.32 Å². The van der Waals surface area contributed by atoms with Crippen LogP contribution in [0.2, 0.25) is 0 Å². The molecule has 1 rings (SSSR count). The van der Waals surface area contributed by atoms with Crippen molar-refractivity contribution in [3.8, 4) is 0 Å². The van der Waals surface area contributed by atoms with Crippen LogP contribution in [0, 0.1) is 5.92 Å². The van der Waals surface area contributed by atoms with Crippen LogP contribution in [0.1, 0.15) is 18.9 Å². The topological polar surface area (TPSA) is 75.6 Å². The number of hydrogen-bond donors (Lipinski definition) is 2. The summed E-state index contributed by atoms with van der Waals surface area (Å²) in [5.74, 6) is -3.41. The van der Waals surface area contributed by atoms with Crippen LogP contribution >= 0.6 is 0 Å². The lowest BCUT2D eigenvalue weighted by Crippen LogP contribution is -2.43. The minimum absolute atomic E-state index is 0.103. The predicted molar refractivity (Wildman–Crippen MR) is 71.0 cm³/mol.